The summed E-state index contributed by atoms with van der Waals surface area (Å²) < 4.78 is 29.1. The van der Waals surface area contributed by atoms with Crippen molar-refractivity contribution in [3.63, 3.8) is 0 Å². The van der Waals surface area contributed by atoms with Crippen LogP contribution in [0, 0.1) is 0 Å². The predicted octanol–water partition coefficient (Wildman–Crippen LogP) is 0.852. The quantitative estimate of drug-likeness (QED) is 0.810. The molecule has 0 fully saturated rings. The van der Waals surface area contributed by atoms with Crippen LogP contribution in [-0.2, 0) is 10.0 Å². The molecular formula is C8H12N2O3S. The third kappa shape index (κ3) is 3.61. The van der Waals surface area contributed by atoms with Gasteiger partial charge in [0.1, 0.15) is 5.82 Å². The van der Waals surface area contributed by atoms with E-state index >= 15 is 0 Å². The van der Waals surface area contributed by atoms with Gasteiger partial charge in [-0.05, 0) is 13.0 Å². The zero-order valence-corrected chi connectivity index (χ0v) is 8.84. The second-order valence-corrected chi connectivity index (χ2v) is 4.42. The van der Waals surface area contributed by atoms with Crippen LogP contribution in [0.15, 0.2) is 18.2 Å². The summed E-state index contributed by atoms with van der Waals surface area (Å²) in [5, 5.41) is 0. The van der Waals surface area contributed by atoms with Gasteiger partial charge in [-0.25, -0.2) is 8.42 Å². The lowest BCUT2D eigenvalue weighted by molar-refractivity contribution is 0.327. The first kappa shape index (κ1) is 10.8. The number of pyridine rings is 1. The molecule has 0 aliphatic rings. The molecule has 0 saturated heterocycles. The van der Waals surface area contributed by atoms with Gasteiger partial charge in [-0.1, -0.05) is 6.07 Å². The van der Waals surface area contributed by atoms with Gasteiger partial charge in [-0.2, -0.15) is 4.98 Å². The molecule has 1 heterocycles. The van der Waals surface area contributed by atoms with Crippen LogP contribution in [0.3, 0.4) is 0 Å². The molecule has 0 amide bonds. The summed E-state index contributed by atoms with van der Waals surface area (Å²) in [4.78, 5) is 3.94. The zero-order chi connectivity index (χ0) is 10.6. The van der Waals surface area contributed by atoms with Crippen molar-refractivity contribution < 1.29 is 13.2 Å². The highest BCUT2D eigenvalue weighted by molar-refractivity contribution is 7.92. The second kappa shape index (κ2) is 4.28. The standard InChI is InChI=1S/C8H12N2O3S/c1-3-13-8-6-4-5-7(9-8)10-14(2,11)12/h4-6H,3H2,1-2H3,(H,9,10). The first-order chi connectivity index (χ1) is 6.51. The van der Waals surface area contributed by atoms with Crippen LogP contribution in [-0.4, -0.2) is 26.3 Å². The van der Waals surface area contributed by atoms with E-state index in [1.54, 1.807) is 18.2 Å². The lowest BCUT2D eigenvalue weighted by Crippen LogP contribution is -2.11. The summed E-state index contributed by atoms with van der Waals surface area (Å²) >= 11 is 0. The lowest BCUT2D eigenvalue weighted by atomic mass is 10.4. The van der Waals surface area contributed by atoms with Gasteiger partial charge in [-0.15, -0.1) is 0 Å². The Morgan fingerprint density at radius 3 is 2.79 bits per heavy atom. The molecule has 0 radical (unpaired) electrons. The van der Waals surface area contributed by atoms with Crippen LogP contribution < -0.4 is 9.46 Å². The Bertz CT molecular complexity index is 403. The first-order valence-corrected chi connectivity index (χ1v) is 5.98. The number of nitrogens with zero attached hydrogens (tertiary/aromatic N) is 1. The van der Waals surface area contributed by atoms with Gasteiger partial charge in [0.15, 0.2) is 0 Å². The van der Waals surface area contributed by atoms with Crippen molar-refractivity contribution in [2.75, 3.05) is 17.6 Å². The maximum Gasteiger partial charge on any atom is 0.230 e. The SMILES string of the molecule is CCOc1cccc(NS(C)(=O)=O)n1. The number of hydrogen-bond donors (Lipinski definition) is 1. The molecule has 0 aliphatic heterocycles. The topological polar surface area (TPSA) is 68.3 Å². The van der Waals surface area contributed by atoms with Crippen LogP contribution in [0.1, 0.15) is 6.92 Å². The molecule has 0 saturated carbocycles. The van der Waals surface area contributed by atoms with E-state index in [4.69, 9.17) is 4.74 Å². The zero-order valence-electron chi connectivity index (χ0n) is 8.02. The second-order valence-electron chi connectivity index (χ2n) is 2.67. The molecule has 0 spiro atoms. The first-order valence-electron chi connectivity index (χ1n) is 4.09. The molecule has 1 rings (SSSR count). The minimum Gasteiger partial charge on any atom is -0.478 e. The number of rotatable bonds is 4. The normalized spacial score (nSPS) is 11.0. The van der Waals surface area contributed by atoms with Crippen LogP contribution in [0.2, 0.25) is 0 Å². The van der Waals surface area contributed by atoms with Crippen molar-refractivity contribution >= 4 is 15.8 Å². The highest BCUT2D eigenvalue weighted by Crippen LogP contribution is 2.11. The Morgan fingerprint density at radius 1 is 1.50 bits per heavy atom. The smallest absolute Gasteiger partial charge is 0.230 e. The average Bonchev–Trinajstić information content (AvgIpc) is 2.02. The molecule has 1 aromatic rings. The third-order valence-electron chi connectivity index (χ3n) is 1.31. The summed E-state index contributed by atoms with van der Waals surface area (Å²) in [6.45, 7) is 2.33. The largest absolute Gasteiger partial charge is 0.478 e. The van der Waals surface area contributed by atoms with E-state index in [2.05, 4.69) is 9.71 Å². The van der Waals surface area contributed by atoms with Crippen LogP contribution >= 0.6 is 0 Å². The molecule has 0 atom stereocenters. The molecule has 0 aliphatic carbocycles. The molecule has 14 heavy (non-hydrogen) atoms. The van der Waals surface area contributed by atoms with E-state index in [9.17, 15) is 8.42 Å². The van der Waals surface area contributed by atoms with Crippen LogP contribution in [0.4, 0.5) is 5.82 Å². The fraction of sp³-hybridized carbons (Fsp3) is 0.375. The number of sulfonamides is 1. The minimum absolute atomic E-state index is 0.262. The molecule has 0 aromatic carbocycles. The van der Waals surface area contributed by atoms with Gasteiger partial charge in [-0.3, -0.25) is 4.72 Å². The van der Waals surface area contributed by atoms with Crippen molar-refractivity contribution in [1.29, 1.82) is 0 Å². The summed E-state index contributed by atoms with van der Waals surface area (Å²) in [6, 6.07) is 4.89. The monoisotopic (exact) mass is 216 g/mol. The maximum absolute atomic E-state index is 10.9. The summed E-state index contributed by atoms with van der Waals surface area (Å²) in [5.74, 6) is 0.666. The molecule has 78 valence electrons. The number of aromatic nitrogens is 1. The van der Waals surface area contributed by atoms with Crippen LogP contribution in [0.5, 0.6) is 5.88 Å². The van der Waals surface area contributed by atoms with Crippen molar-refractivity contribution in [2.24, 2.45) is 0 Å². The average molecular weight is 216 g/mol. The van der Waals surface area contributed by atoms with Gasteiger partial charge in [0.05, 0.1) is 12.9 Å². The molecule has 5 nitrogen and oxygen atoms in total. The van der Waals surface area contributed by atoms with Crippen molar-refractivity contribution in [1.82, 2.24) is 4.98 Å². The molecule has 0 unspecified atom stereocenters. The fourth-order valence-electron chi connectivity index (χ4n) is 0.890. The van der Waals surface area contributed by atoms with E-state index in [1.165, 1.54) is 0 Å². The van der Waals surface area contributed by atoms with E-state index in [0.717, 1.165) is 6.26 Å². The number of ether oxygens (including phenoxy) is 1. The molecule has 0 bridgehead atoms. The Morgan fingerprint density at radius 2 is 2.21 bits per heavy atom. The Kier molecular flexibility index (Phi) is 3.29. The third-order valence-corrected chi connectivity index (χ3v) is 1.89. The lowest BCUT2D eigenvalue weighted by Gasteiger charge is -2.05. The van der Waals surface area contributed by atoms with Gasteiger partial charge in [0.2, 0.25) is 15.9 Å². The molecule has 6 heteroatoms. The van der Waals surface area contributed by atoms with Gasteiger partial charge >= 0.3 is 0 Å². The summed E-state index contributed by atoms with van der Waals surface area (Å²) in [7, 11) is -3.28. The maximum atomic E-state index is 10.9. The van der Waals surface area contributed by atoms with Crippen LogP contribution in [0.25, 0.3) is 0 Å². The van der Waals surface area contributed by atoms with E-state index < -0.39 is 10.0 Å². The van der Waals surface area contributed by atoms with Gasteiger partial charge < -0.3 is 4.74 Å². The fourth-order valence-corrected chi connectivity index (χ4v) is 1.38. The van der Waals surface area contributed by atoms with Crippen molar-refractivity contribution in [3.8, 4) is 5.88 Å². The molecule has 1 aromatic heterocycles. The van der Waals surface area contributed by atoms with Crippen molar-refractivity contribution in [3.05, 3.63) is 18.2 Å². The predicted molar refractivity (Wildman–Crippen MR) is 53.9 cm³/mol. The highest BCUT2D eigenvalue weighted by atomic mass is 32.2. The van der Waals surface area contributed by atoms with E-state index in [0.29, 0.717) is 12.5 Å². The summed E-state index contributed by atoms with van der Waals surface area (Å²) in [5.41, 5.74) is 0. The van der Waals surface area contributed by atoms with Gasteiger partial charge in [0, 0.05) is 6.07 Å². The van der Waals surface area contributed by atoms with Gasteiger partial charge in [0.25, 0.3) is 0 Å². The highest BCUT2D eigenvalue weighted by Gasteiger charge is 2.03. The van der Waals surface area contributed by atoms with Crippen molar-refractivity contribution in [2.45, 2.75) is 6.92 Å². The molecular weight excluding hydrogens is 204 g/mol. The summed E-state index contributed by atoms with van der Waals surface area (Å²) in [6.07, 6.45) is 1.07. The number of anilines is 1. The number of hydrogen-bond acceptors (Lipinski definition) is 4. The minimum atomic E-state index is -3.28. The Hall–Kier alpha value is -1.30. The Balaban J connectivity index is 2.83. The van der Waals surface area contributed by atoms with E-state index in [-0.39, 0.29) is 5.82 Å². The van der Waals surface area contributed by atoms with E-state index in [1.807, 2.05) is 6.92 Å². The Labute approximate surface area is 83.2 Å². The number of nitrogens with one attached hydrogen (secondary N) is 1. The molecule has 1 N–H and O–H groups in total.